The minimum absolute atomic E-state index is 0.0784. The van der Waals surface area contributed by atoms with Gasteiger partial charge in [0.1, 0.15) is 40.6 Å². The number of aliphatic hydroxyl groups is 5. The lowest BCUT2D eigenvalue weighted by Crippen LogP contribution is -2.35. The van der Waals surface area contributed by atoms with Gasteiger partial charge in [0.15, 0.2) is 11.9 Å². The Bertz CT molecular complexity index is 1900. The fraction of sp³-hybridized carbons (Fsp3) is 0.342. The number of Topliss-reactive ketones (excluding diaryl/α,β-unsaturated/α-hetero) is 1. The van der Waals surface area contributed by atoms with Gasteiger partial charge in [-0.25, -0.2) is 0 Å². The highest BCUT2D eigenvalue weighted by Gasteiger charge is 2.46. The van der Waals surface area contributed by atoms with E-state index in [1.165, 1.54) is 28.4 Å². The van der Waals surface area contributed by atoms with E-state index in [1.54, 1.807) is 54.6 Å². The third-order valence-corrected chi connectivity index (χ3v) is 9.38. The lowest BCUT2D eigenvalue weighted by molar-refractivity contribution is -0.128. The van der Waals surface area contributed by atoms with Gasteiger partial charge in [-0.05, 0) is 59.2 Å². The number of hydrogen-bond acceptors (Lipinski definition) is 12. The third-order valence-electron chi connectivity index (χ3n) is 9.38. The molecule has 5 N–H and O–H groups in total. The maximum atomic E-state index is 15.0. The molecule has 12 heteroatoms. The van der Waals surface area contributed by atoms with Gasteiger partial charge in [-0.2, -0.15) is 0 Å². The first-order valence-electron chi connectivity index (χ1n) is 16.0. The highest BCUT2D eigenvalue weighted by atomic mass is 16.5. The second-order valence-electron chi connectivity index (χ2n) is 12.1. The predicted molar refractivity (Wildman–Crippen MR) is 179 cm³/mol. The normalized spacial score (nSPS) is 19.5. The van der Waals surface area contributed by atoms with Crippen LogP contribution in [-0.2, 0) is 37.6 Å². The summed E-state index contributed by atoms with van der Waals surface area (Å²) in [5, 5.41) is 52.5. The van der Waals surface area contributed by atoms with Crippen LogP contribution in [0.5, 0.6) is 34.5 Å². The molecule has 0 radical (unpaired) electrons. The summed E-state index contributed by atoms with van der Waals surface area (Å²) in [5.74, 6) is 0.514. The zero-order valence-corrected chi connectivity index (χ0v) is 28.1. The zero-order valence-electron chi connectivity index (χ0n) is 28.1. The van der Waals surface area contributed by atoms with Gasteiger partial charge in [-0.15, -0.1) is 0 Å². The van der Waals surface area contributed by atoms with Crippen molar-refractivity contribution in [1.82, 2.24) is 0 Å². The minimum Gasteiger partial charge on any atom is -0.496 e. The molecule has 12 nitrogen and oxygen atoms in total. The number of methoxy groups -OCH3 is 4. The maximum absolute atomic E-state index is 15.0. The molecule has 6 rings (SSSR count). The highest BCUT2D eigenvalue weighted by molar-refractivity contribution is 5.98. The van der Waals surface area contributed by atoms with E-state index in [0.29, 0.717) is 67.3 Å². The van der Waals surface area contributed by atoms with Gasteiger partial charge >= 0.3 is 0 Å². The number of fused-ring (bicyclic) bond motifs is 2. The molecule has 0 saturated carbocycles. The Morgan fingerprint density at radius 2 is 1.26 bits per heavy atom. The number of hydrogen-bond donors (Lipinski definition) is 5. The molecule has 0 amide bonds. The molecule has 0 bridgehead atoms. The Balaban J connectivity index is 1.60. The van der Waals surface area contributed by atoms with Crippen LogP contribution in [0, 0.1) is 0 Å². The molecule has 4 aromatic carbocycles. The van der Waals surface area contributed by atoms with Crippen molar-refractivity contribution in [2.75, 3.05) is 28.4 Å². The molecule has 2 aliphatic heterocycles. The van der Waals surface area contributed by atoms with Gasteiger partial charge in [-0.1, -0.05) is 12.1 Å². The number of benzene rings is 4. The SMILES string of the molecule is COc1ccc([C@H]2Oc3c(c(OC)cc(CO)c3C3C(=O)[C@@H](c4ccc(OC)c(CO)c4)Oc4cc(CO)cc(OC)c43)C[C@@H]2O)cc1CO. The molecule has 4 atom stereocenters. The standard InChI is InChI=1S/C38H40O12/c1-45-27-7-5-20(11-22(27)16-40)36-26(43)14-25-29(47-3)13-24(18-42)32(38(25)50-36)34-33-30(48-4)9-19(15-39)10-31(33)49-37(35(34)44)21-6-8-28(46-2)23(12-21)17-41/h5-13,26,34,36-37,39-43H,14-18H2,1-4H3/t26-,34?,36+,37+/m0/s1. The monoisotopic (exact) mass is 688 g/mol. The molecule has 0 saturated heterocycles. The van der Waals surface area contributed by atoms with Crippen LogP contribution in [0.3, 0.4) is 0 Å². The molecule has 2 aliphatic rings. The van der Waals surface area contributed by atoms with E-state index in [4.69, 9.17) is 28.4 Å². The first-order valence-corrected chi connectivity index (χ1v) is 16.0. The number of ether oxygens (including phenoxy) is 6. The first kappa shape index (κ1) is 35.0. The van der Waals surface area contributed by atoms with Crippen molar-refractivity contribution in [3.05, 3.63) is 105 Å². The van der Waals surface area contributed by atoms with Gasteiger partial charge in [-0.3, -0.25) is 4.79 Å². The number of carbonyl (C=O) groups excluding carboxylic acids is 1. The summed E-state index contributed by atoms with van der Waals surface area (Å²) in [4.78, 5) is 15.0. The molecular weight excluding hydrogens is 648 g/mol. The molecular formula is C38H40O12. The van der Waals surface area contributed by atoms with Crippen molar-refractivity contribution < 1.29 is 58.7 Å². The van der Waals surface area contributed by atoms with Crippen LogP contribution in [0.4, 0.5) is 0 Å². The number of aliphatic hydroxyl groups excluding tert-OH is 5. The van der Waals surface area contributed by atoms with Gasteiger partial charge < -0.3 is 54.0 Å². The van der Waals surface area contributed by atoms with Gasteiger partial charge in [0.05, 0.1) is 72.5 Å². The van der Waals surface area contributed by atoms with Gasteiger partial charge in [0.2, 0.25) is 0 Å². The first-order chi connectivity index (χ1) is 24.2. The summed E-state index contributed by atoms with van der Waals surface area (Å²) >= 11 is 0. The Morgan fingerprint density at radius 3 is 1.84 bits per heavy atom. The molecule has 4 aromatic rings. The van der Waals surface area contributed by atoms with Crippen LogP contribution in [-0.4, -0.2) is 65.9 Å². The Morgan fingerprint density at radius 1 is 0.660 bits per heavy atom. The van der Waals surface area contributed by atoms with Gasteiger partial charge in [0, 0.05) is 34.2 Å². The summed E-state index contributed by atoms with van der Waals surface area (Å²) in [6.07, 6.45) is -3.10. The maximum Gasteiger partial charge on any atom is 0.190 e. The van der Waals surface area contributed by atoms with Crippen molar-refractivity contribution in [2.45, 2.75) is 57.1 Å². The van der Waals surface area contributed by atoms with E-state index < -0.39 is 36.6 Å². The summed E-state index contributed by atoms with van der Waals surface area (Å²) in [7, 11) is 5.90. The Hall–Kier alpha value is -4.85. The summed E-state index contributed by atoms with van der Waals surface area (Å²) in [5.41, 5.74) is 3.96. The van der Waals surface area contributed by atoms with Crippen LogP contribution in [0.25, 0.3) is 0 Å². The quantitative estimate of drug-likeness (QED) is 0.155. The minimum atomic E-state index is -1.19. The summed E-state index contributed by atoms with van der Waals surface area (Å²) in [6, 6.07) is 15.0. The molecule has 50 heavy (non-hydrogen) atoms. The van der Waals surface area contributed by atoms with E-state index >= 15 is 0 Å². The smallest absolute Gasteiger partial charge is 0.190 e. The van der Waals surface area contributed by atoms with Crippen molar-refractivity contribution in [2.24, 2.45) is 0 Å². The van der Waals surface area contributed by atoms with Crippen LogP contribution in [0.15, 0.2) is 54.6 Å². The molecule has 0 aromatic heterocycles. The zero-order chi connectivity index (χ0) is 35.7. The van der Waals surface area contributed by atoms with Crippen LogP contribution < -0.4 is 28.4 Å². The van der Waals surface area contributed by atoms with E-state index in [1.807, 2.05) is 0 Å². The van der Waals surface area contributed by atoms with Crippen molar-refractivity contribution in [3.8, 4) is 34.5 Å². The van der Waals surface area contributed by atoms with E-state index in [0.717, 1.165) is 0 Å². The second-order valence-corrected chi connectivity index (χ2v) is 12.1. The lowest BCUT2D eigenvalue weighted by atomic mass is 9.76. The Kier molecular flexibility index (Phi) is 10.2. The van der Waals surface area contributed by atoms with Crippen molar-refractivity contribution in [1.29, 1.82) is 0 Å². The number of ketones is 1. The molecule has 264 valence electrons. The second kappa shape index (κ2) is 14.6. The van der Waals surface area contributed by atoms with Gasteiger partial charge in [0.25, 0.3) is 0 Å². The number of rotatable bonds is 11. The molecule has 0 aliphatic carbocycles. The fourth-order valence-corrected chi connectivity index (χ4v) is 6.99. The highest BCUT2D eigenvalue weighted by Crippen LogP contribution is 2.54. The van der Waals surface area contributed by atoms with Crippen molar-refractivity contribution in [3.63, 3.8) is 0 Å². The molecule has 2 heterocycles. The van der Waals surface area contributed by atoms with E-state index in [9.17, 15) is 30.3 Å². The summed E-state index contributed by atoms with van der Waals surface area (Å²) in [6.45, 7) is -1.47. The Labute approximate surface area is 289 Å². The fourth-order valence-electron chi connectivity index (χ4n) is 6.99. The van der Waals surface area contributed by atoms with Crippen LogP contribution in [0.2, 0.25) is 0 Å². The van der Waals surface area contributed by atoms with E-state index in [2.05, 4.69) is 0 Å². The average Bonchev–Trinajstić information content (AvgIpc) is 3.15. The van der Waals surface area contributed by atoms with Crippen LogP contribution in [0.1, 0.15) is 68.2 Å². The van der Waals surface area contributed by atoms with Crippen LogP contribution >= 0.6 is 0 Å². The third kappa shape index (κ3) is 5.99. The molecule has 1 unspecified atom stereocenters. The average molecular weight is 689 g/mol. The number of carbonyl (C=O) groups is 1. The van der Waals surface area contributed by atoms with Crippen molar-refractivity contribution >= 4 is 5.78 Å². The molecule has 0 spiro atoms. The largest absolute Gasteiger partial charge is 0.496 e. The molecule has 0 fully saturated rings. The van der Waals surface area contributed by atoms with E-state index in [-0.39, 0.29) is 43.5 Å². The topological polar surface area (TPSA) is 174 Å². The lowest BCUT2D eigenvalue weighted by Gasteiger charge is -2.38. The predicted octanol–water partition coefficient (Wildman–Crippen LogP) is 3.56. The summed E-state index contributed by atoms with van der Waals surface area (Å²) < 4.78 is 35.3.